The van der Waals surface area contributed by atoms with Gasteiger partial charge in [-0.05, 0) is 32.6 Å². The van der Waals surface area contributed by atoms with Crippen LogP contribution in [0.15, 0.2) is 0 Å². The Morgan fingerprint density at radius 1 is 1.28 bits per heavy atom. The molecule has 0 unspecified atom stereocenters. The first-order valence-electron chi connectivity index (χ1n) is 6.66. The number of carbonyl (C=O) groups is 1. The van der Waals surface area contributed by atoms with Crippen molar-refractivity contribution in [3.8, 4) is 0 Å². The van der Waals surface area contributed by atoms with Gasteiger partial charge in [-0.3, -0.25) is 4.79 Å². The zero-order chi connectivity index (χ0) is 13.4. The van der Waals surface area contributed by atoms with Gasteiger partial charge >= 0.3 is 0 Å². The van der Waals surface area contributed by atoms with E-state index >= 15 is 0 Å². The predicted molar refractivity (Wildman–Crippen MR) is 69.6 cm³/mol. The maximum absolute atomic E-state index is 12.0. The van der Waals surface area contributed by atoms with Crippen LogP contribution in [0.2, 0.25) is 0 Å². The minimum absolute atomic E-state index is 0.140. The molecule has 0 aliphatic carbocycles. The Morgan fingerprint density at radius 2 is 1.94 bits per heavy atom. The summed E-state index contributed by atoms with van der Waals surface area (Å²) < 4.78 is 25.6. The average Bonchev–Trinajstić information content (AvgIpc) is 2.36. The molecule has 0 N–H and O–H groups in total. The van der Waals surface area contributed by atoms with Gasteiger partial charge in [0, 0.05) is 26.6 Å². The van der Waals surface area contributed by atoms with Crippen LogP contribution in [0.25, 0.3) is 0 Å². The fraction of sp³-hybridized carbons (Fsp3) is 0.917. The Labute approximate surface area is 109 Å². The van der Waals surface area contributed by atoms with E-state index in [2.05, 4.69) is 0 Å². The molecule has 0 radical (unpaired) electrons. The summed E-state index contributed by atoms with van der Waals surface area (Å²) in [4.78, 5) is 13.7. The predicted octanol–water partition coefficient (Wildman–Crippen LogP) is 0.813. The van der Waals surface area contributed by atoms with Gasteiger partial charge in [0.1, 0.15) is 0 Å². The van der Waals surface area contributed by atoms with Crippen LogP contribution in [-0.2, 0) is 14.8 Å². The molecule has 0 aromatic carbocycles. The summed E-state index contributed by atoms with van der Waals surface area (Å²) in [5.41, 5.74) is -0.254. The molecule has 2 aliphatic rings. The van der Waals surface area contributed by atoms with Gasteiger partial charge in [0.2, 0.25) is 15.9 Å². The van der Waals surface area contributed by atoms with Crippen molar-refractivity contribution in [3.05, 3.63) is 0 Å². The third kappa shape index (κ3) is 2.28. The second kappa shape index (κ2) is 4.81. The lowest BCUT2D eigenvalue weighted by Crippen LogP contribution is -2.61. The number of carbonyl (C=O) groups excluding carboxylic acids is 1. The van der Waals surface area contributed by atoms with Crippen molar-refractivity contribution < 1.29 is 13.2 Å². The Bertz CT molecular complexity index is 431. The Hall–Kier alpha value is -0.620. The molecule has 5 nitrogen and oxygen atoms in total. The lowest BCUT2D eigenvalue weighted by Gasteiger charge is -2.50. The van der Waals surface area contributed by atoms with Crippen LogP contribution in [0.3, 0.4) is 0 Å². The second-order valence-corrected chi connectivity index (χ2v) is 7.63. The molecule has 0 saturated carbocycles. The molecule has 0 aromatic rings. The van der Waals surface area contributed by atoms with E-state index in [-0.39, 0.29) is 17.2 Å². The summed E-state index contributed by atoms with van der Waals surface area (Å²) in [6, 6.07) is 0. The Morgan fingerprint density at radius 3 is 2.61 bits per heavy atom. The van der Waals surface area contributed by atoms with Gasteiger partial charge in [-0.15, -0.1) is 0 Å². The third-order valence-electron chi connectivity index (χ3n) is 4.40. The average molecular weight is 274 g/mol. The number of rotatable bonds is 2. The minimum atomic E-state index is -3.14. The normalized spacial score (nSPS) is 31.0. The largest absolute Gasteiger partial charge is 0.339 e. The topological polar surface area (TPSA) is 57.7 Å². The SMILES string of the molecule is CCS(=O)(=O)N1CCC[C@@]2(CCCC(=O)N2C)C1. The molecule has 0 bridgehead atoms. The van der Waals surface area contributed by atoms with Crippen molar-refractivity contribution in [2.45, 2.75) is 44.6 Å². The van der Waals surface area contributed by atoms with Gasteiger partial charge in [0.25, 0.3) is 0 Å². The van der Waals surface area contributed by atoms with Gasteiger partial charge in [0.15, 0.2) is 0 Å². The summed E-state index contributed by atoms with van der Waals surface area (Å²) in [7, 11) is -1.32. The fourth-order valence-electron chi connectivity index (χ4n) is 3.14. The van der Waals surface area contributed by atoms with Crippen LogP contribution in [-0.4, -0.2) is 55.0 Å². The fourth-order valence-corrected chi connectivity index (χ4v) is 4.35. The molecule has 104 valence electrons. The minimum Gasteiger partial charge on any atom is -0.339 e. The standard InChI is InChI=1S/C12H22N2O3S/c1-3-18(16,17)14-9-5-8-12(10-14)7-4-6-11(15)13(12)2/h3-10H2,1-2H3/t12-/m0/s1. The molecular formula is C12H22N2O3S. The molecule has 6 heteroatoms. The number of hydrogen-bond acceptors (Lipinski definition) is 3. The first kappa shape index (κ1) is 13.8. The van der Waals surface area contributed by atoms with E-state index in [0.29, 0.717) is 19.5 Å². The third-order valence-corrected chi connectivity index (χ3v) is 6.22. The lowest BCUT2D eigenvalue weighted by atomic mass is 9.81. The molecule has 2 fully saturated rings. The van der Waals surface area contributed by atoms with Crippen LogP contribution >= 0.6 is 0 Å². The molecule has 1 amide bonds. The molecule has 1 spiro atoms. The quantitative estimate of drug-likeness (QED) is 0.749. The number of likely N-dealkylation sites (N-methyl/N-ethyl adjacent to an activating group) is 1. The van der Waals surface area contributed by atoms with E-state index in [9.17, 15) is 13.2 Å². The van der Waals surface area contributed by atoms with Crippen LogP contribution in [0, 0.1) is 0 Å². The van der Waals surface area contributed by atoms with Crippen molar-refractivity contribution in [1.82, 2.24) is 9.21 Å². The summed E-state index contributed by atoms with van der Waals surface area (Å²) >= 11 is 0. The lowest BCUT2D eigenvalue weighted by molar-refractivity contribution is -0.141. The number of likely N-dealkylation sites (tertiary alicyclic amines) is 1. The number of hydrogen-bond donors (Lipinski definition) is 0. The van der Waals surface area contributed by atoms with Crippen LogP contribution in [0.4, 0.5) is 0 Å². The van der Waals surface area contributed by atoms with E-state index < -0.39 is 10.0 Å². The van der Waals surface area contributed by atoms with Gasteiger partial charge < -0.3 is 4.90 Å². The van der Waals surface area contributed by atoms with E-state index in [0.717, 1.165) is 25.7 Å². The van der Waals surface area contributed by atoms with E-state index in [4.69, 9.17) is 0 Å². The van der Waals surface area contributed by atoms with E-state index in [1.165, 1.54) is 0 Å². The summed E-state index contributed by atoms with van der Waals surface area (Å²) in [6.45, 7) is 2.75. The molecule has 2 heterocycles. The number of sulfonamides is 1. The van der Waals surface area contributed by atoms with Crippen molar-refractivity contribution in [2.24, 2.45) is 0 Å². The first-order chi connectivity index (χ1) is 8.41. The summed E-state index contributed by atoms with van der Waals surface area (Å²) in [6.07, 6.45) is 4.16. The monoisotopic (exact) mass is 274 g/mol. The summed E-state index contributed by atoms with van der Waals surface area (Å²) in [5.74, 6) is 0.290. The molecule has 2 aliphatic heterocycles. The van der Waals surface area contributed by atoms with Gasteiger partial charge in [-0.1, -0.05) is 0 Å². The number of piperidine rings is 2. The highest BCUT2D eigenvalue weighted by molar-refractivity contribution is 7.89. The maximum Gasteiger partial charge on any atom is 0.222 e. The first-order valence-corrected chi connectivity index (χ1v) is 8.27. The van der Waals surface area contributed by atoms with Crippen molar-refractivity contribution in [1.29, 1.82) is 0 Å². The van der Waals surface area contributed by atoms with Gasteiger partial charge in [-0.2, -0.15) is 4.31 Å². The smallest absolute Gasteiger partial charge is 0.222 e. The summed E-state index contributed by atoms with van der Waals surface area (Å²) in [5, 5.41) is 0. The molecule has 2 rings (SSSR count). The van der Waals surface area contributed by atoms with E-state index in [1.54, 1.807) is 16.1 Å². The Balaban J connectivity index is 2.22. The van der Waals surface area contributed by atoms with Crippen LogP contribution < -0.4 is 0 Å². The highest BCUT2D eigenvalue weighted by Gasteiger charge is 2.45. The zero-order valence-corrected chi connectivity index (χ0v) is 12.0. The number of nitrogens with zero attached hydrogens (tertiary/aromatic N) is 2. The zero-order valence-electron chi connectivity index (χ0n) is 11.2. The van der Waals surface area contributed by atoms with Crippen molar-refractivity contribution in [2.75, 3.05) is 25.9 Å². The second-order valence-electron chi connectivity index (χ2n) is 5.37. The molecule has 0 aromatic heterocycles. The molecule has 1 atom stereocenters. The highest BCUT2D eigenvalue weighted by atomic mass is 32.2. The molecule has 2 saturated heterocycles. The Kier molecular flexibility index (Phi) is 3.69. The maximum atomic E-state index is 12.0. The molecule has 18 heavy (non-hydrogen) atoms. The van der Waals surface area contributed by atoms with Gasteiger partial charge in [-0.25, -0.2) is 8.42 Å². The van der Waals surface area contributed by atoms with Crippen molar-refractivity contribution in [3.63, 3.8) is 0 Å². The van der Waals surface area contributed by atoms with Crippen LogP contribution in [0.1, 0.15) is 39.0 Å². The molecular weight excluding hydrogens is 252 g/mol. The van der Waals surface area contributed by atoms with Crippen molar-refractivity contribution >= 4 is 15.9 Å². The van der Waals surface area contributed by atoms with Crippen LogP contribution in [0.5, 0.6) is 0 Å². The highest BCUT2D eigenvalue weighted by Crippen LogP contribution is 2.36. The van der Waals surface area contributed by atoms with Gasteiger partial charge in [0.05, 0.1) is 11.3 Å². The number of amides is 1. The van der Waals surface area contributed by atoms with E-state index in [1.807, 2.05) is 7.05 Å².